The molecular weight excluding hydrogens is 363 g/mol. The molecular formula is C15H20F3NO5S. The summed E-state index contributed by atoms with van der Waals surface area (Å²) < 4.78 is 60.2. The molecule has 3 N–H and O–H groups in total. The highest BCUT2D eigenvalue weighted by Gasteiger charge is 2.38. The number of sulfonamides is 1. The number of para-hydroxylation sites is 1. The number of halogens is 3. The van der Waals surface area contributed by atoms with Gasteiger partial charge in [0, 0.05) is 0 Å². The van der Waals surface area contributed by atoms with E-state index in [-0.39, 0.29) is 4.90 Å². The Morgan fingerprint density at radius 3 is 2.20 bits per heavy atom. The molecule has 142 valence electrons. The lowest BCUT2D eigenvalue weighted by atomic mass is 9.90. The Labute approximate surface area is 143 Å². The van der Waals surface area contributed by atoms with Crippen molar-refractivity contribution >= 4 is 16.0 Å². The van der Waals surface area contributed by atoms with E-state index in [1.54, 1.807) is 18.2 Å². The minimum Gasteiger partial charge on any atom is -0.492 e. The van der Waals surface area contributed by atoms with Crippen LogP contribution in [0.15, 0.2) is 29.2 Å². The minimum atomic E-state index is -5.08. The van der Waals surface area contributed by atoms with Gasteiger partial charge in [0.05, 0.1) is 6.61 Å². The van der Waals surface area contributed by atoms with E-state index < -0.39 is 22.2 Å². The second-order valence-corrected chi connectivity index (χ2v) is 7.14. The molecule has 0 spiro atoms. The lowest BCUT2D eigenvalue weighted by molar-refractivity contribution is -0.192. The van der Waals surface area contributed by atoms with E-state index in [4.69, 9.17) is 19.8 Å². The fraction of sp³-hybridized carbons (Fsp3) is 0.533. The van der Waals surface area contributed by atoms with E-state index in [1.165, 1.54) is 25.3 Å². The smallest absolute Gasteiger partial charge is 0.490 e. The molecule has 1 saturated carbocycles. The first-order chi connectivity index (χ1) is 11.5. The number of hydrogen-bond donors (Lipinski definition) is 2. The first-order valence-corrected chi connectivity index (χ1v) is 9.11. The Balaban J connectivity index is 0.000000381. The normalized spacial score (nSPS) is 15.8. The van der Waals surface area contributed by atoms with Crippen molar-refractivity contribution in [2.75, 3.05) is 6.61 Å². The van der Waals surface area contributed by atoms with Gasteiger partial charge in [-0.1, -0.05) is 31.4 Å². The van der Waals surface area contributed by atoms with Gasteiger partial charge in [0.1, 0.15) is 10.6 Å². The summed E-state index contributed by atoms with van der Waals surface area (Å²) in [6.45, 7) is 0.576. The Hall–Kier alpha value is -1.81. The fourth-order valence-electron chi connectivity index (χ4n) is 2.37. The highest BCUT2D eigenvalue weighted by atomic mass is 32.2. The molecule has 0 saturated heterocycles. The maximum Gasteiger partial charge on any atom is 0.490 e. The van der Waals surface area contributed by atoms with Crippen molar-refractivity contribution in [3.8, 4) is 5.75 Å². The quantitative estimate of drug-likeness (QED) is 0.831. The lowest BCUT2D eigenvalue weighted by Gasteiger charge is -2.22. The summed E-state index contributed by atoms with van der Waals surface area (Å²) in [4.78, 5) is 8.97. The highest BCUT2D eigenvalue weighted by Crippen LogP contribution is 2.27. The van der Waals surface area contributed by atoms with E-state index in [1.807, 2.05) is 0 Å². The number of alkyl halides is 3. The average molecular weight is 383 g/mol. The van der Waals surface area contributed by atoms with Crippen LogP contribution >= 0.6 is 0 Å². The molecule has 1 aromatic carbocycles. The van der Waals surface area contributed by atoms with Crippen LogP contribution in [0.4, 0.5) is 13.2 Å². The van der Waals surface area contributed by atoms with Gasteiger partial charge in [0.25, 0.3) is 0 Å². The molecule has 0 aliphatic heterocycles. The Bertz CT molecular complexity index is 670. The van der Waals surface area contributed by atoms with Crippen LogP contribution in [0.2, 0.25) is 0 Å². The Morgan fingerprint density at radius 1 is 1.20 bits per heavy atom. The van der Waals surface area contributed by atoms with Crippen LogP contribution in [0.5, 0.6) is 5.75 Å². The van der Waals surface area contributed by atoms with E-state index in [0.29, 0.717) is 18.3 Å². The number of primary sulfonamides is 1. The maximum absolute atomic E-state index is 11.4. The van der Waals surface area contributed by atoms with Gasteiger partial charge >= 0.3 is 12.1 Å². The van der Waals surface area contributed by atoms with Gasteiger partial charge in [-0.25, -0.2) is 18.4 Å². The number of carboxylic acid groups (broad SMARTS) is 1. The third kappa shape index (κ3) is 7.74. The highest BCUT2D eigenvalue weighted by molar-refractivity contribution is 7.89. The Morgan fingerprint density at radius 2 is 1.72 bits per heavy atom. The predicted molar refractivity (Wildman–Crippen MR) is 83.6 cm³/mol. The molecule has 0 heterocycles. The summed E-state index contributed by atoms with van der Waals surface area (Å²) in [5.41, 5.74) is 0. The first-order valence-electron chi connectivity index (χ1n) is 7.56. The van der Waals surface area contributed by atoms with Crippen molar-refractivity contribution in [3.63, 3.8) is 0 Å². The van der Waals surface area contributed by atoms with E-state index in [2.05, 4.69) is 0 Å². The van der Waals surface area contributed by atoms with E-state index in [9.17, 15) is 21.6 Å². The largest absolute Gasteiger partial charge is 0.492 e. The van der Waals surface area contributed by atoms with Crippen molar-refractivity contribution in [1.29, 1.82) is 0 Å². The number of ether oxygens (including phenoxy) is 1. The molecule has 0 atom stereocenters. The third-order valence-electron chi connectivity index (χ3n) is 3.60. The van der Waals surface area contributed by atoms with E-state index >= 15 is 0 Å². The Kier molecular flexibility index (Phi) is 7.68. The molecule has 0 radical (unpaired) electrons. The fourth-order valence-corrected chi connectivity index (χ4v) is 3.04. The zero-order chi connectivity index (χ0) is 19.1. The molecule has 0 aromatic heterocycles. The van der Waals surface area contributed by atoms with Gasteiger partial charge in [-0.15, -0.1) is 0 Å². The summed E-state index contributed by atoms with van der Waals surface area (Å²) in [7, 11) is -3.71. The van der Waals surface area contributed by atoms with Crippen molar-refractivity contribution in [3.05, 3.63) is 24.3 Å². The molecule has 1 fully saturated rings. The van der Waals surface area contributed by atoms with Gasteiger partial charge in [-0.2, -0.15) is 13.2 Å². The summed E-state index contributed by atoms with van der Waals surface area (Å²) in [5, 5.41) is 12.3. The van der Waals surface area contributed by atoms with Gasteiger partial charge in [-0.05, 0) is 30.9 Å². The van der Waals surface area contributed by atoms with Gasteiger partial charge in [0.2, 0.25) is 10.0 Å². The van der Waals surface area contributed by atoms with Crippen LogP contribution in [-0.4, -0.2) is 32.3 Å². The van der Waals surface area contributed by atoms with Gasteiger partial charge in [-0.3, -0.25) is 0 Å². The molecule has 0 bridgehead atoms. The number of aliphatic carboxylic acids is 1. The number of rotatable bonds is 4. The molecule has 1 aliphatic rings. The second kappa shape index (κ2) is 9.04. The van der Waals surface area contributed by atoms with Crippen LogP contribution in [0.25, 0.3) is 0 Å². The monoisotopic (exact) mass is 383 g/mol. The zero-order valence-corrected chi connectivity index (χ0v) is 14.1. The third-order valence-corrected chi connectivity index (χ3v) is 4.55. The van der Waals surface area contributed by atoms with Crippen LogP contribution in [-0.2, 0) is 14.8 Å². The van der Waals surface area contributed by atoms with Crippen LogP contribution in [0.3, 0.4) is 0 Å². The van der Waals surface area contributed by atoms with Crippen LogP contribution < -0.4 is 9.88 Å². The first kappa shape index (κ1) is 21.2. The predicted octanol–water partition coefficient (Wildman–Crippen LogP) is 2.93. The molecule has 25 heavy (non-hydrogen) atoms. The number of carbonyl (C=O) groups is 1. The zero-order valence-electron chi connectivity index (χ0n) is 13.3. The minimum absolute atomic E-state index is 0.0702. The number of benzene rings is 1. The number of nitrogens with two attached hydrogens (primary N) is 1. The molecule has 0 amide bonds. The molecule has 0 unspecified atom stereocenters. The summed E-state index contributed by atoms with van der Waals surface area (Å²) >= 11 is 0. The van der Waals surface area contributed by atoms with Gasteiger partial charge < -0.3 is 9.84 Å². The number of carboxylic acids is 1. The summed E-state index contributed by atoms with van der Waals surface area (Å²) in [6, 6.07) is 6.53. The molecule has 1 aromatic rings. The summed E-state index contributed by atoms with van der Waals surface area (Å²) in [6.07, 6.45) is 1.02. The van der Waals surface area contributed by atoms with Gasteiger partial charge in [0.15, 0.2) is 0 Å². The van der Waals surface area contributed by atoms with Crippen LogP contribution in [0, 0.1) is 5.92 Å². The molecule has 6 nitrogen and oxygen atoms in total. The SMILES string of the molecule is NS(=O)(=O)c1ccccc1OCC1CCCCC1.O=C(O)C(F)(F)F. The maximum atomic E-state index is 11.4. The molecule has 2 rings (SSSR count). The second-order valence-electron chi connectivity index (χ2n) is 5.61. The van der Waals surface area contributed by atoms with Crippen molar-refractivity contribution < 1.29 is 36.2 Å². The topological polar surface area (TPSA) is 107 Å². The molecule has 1 aliphatic carbocycles. The van der Waals surface area contributed by atoms with Crippen LogP contribution in [0.1, 0.15) is 32.1 Å². The van der Waals surface area contributed by atoms with Crippen molar-refractivity contribution in [1.82, 2.24) is 0 Å². The van der Waals surface area contributed by atoms with Crippen molar-refractivity contribution in [2.45, 2.75) is 43.2 Å². The van der Waals surface area contributed by atoms with E-state index in [0.717, 1.165) is 12.8 Å². The number of hydrogen-bond acceptors (Lipinski definition) is 4. The van der Waals surface area contributed by atoms with Crippen molar-refractivity contribution in [2.24, 2.45) is 11.1 Å². The summed E-state index contributed by atoms with van der Waals surface area (Å²) in [5.74, 6) is -1.86. The average Bonchev–Trinajstić information content (AvgIpc) is 2.53. The standard InChI is InChI=1S/C13H19NO3S.C2HF3O2/c14-18(15,16)13-9-5-4-8-12(13)17-10-11-6-2-1-3-7-11;3-2(4,5)1(6)7/h4-5,8-9,11H,1-3,6-7,10H2,(H2,14,15,16);(H,6,7). The molecule has 10 heteroatoms. The lowest BCUT2D eigenvalue weighted by Crippen LogP contribution is -2.21.